The van der Waals surface area contributed by atoms with E-state index < -0.39 is 0 Å². The molecule has 3 aromatic rings. The molecule has 1 aromatic carbocycles. The minimum absolute atomic E-state index is 0.0770. The molecule has 1 aliphatic heterocycles. The fraction of sp³-hybridized carbons (Fsp3) is 0.435. The SMILES string of the molecule is CCOc1ccc(-c2csc3ncnc(SCCC(=O)NCCN4CCOCC4)c23)cc1. The lowest BCUT2D eigenvalue weighted by Crippen LogP contribution is -2.41. The van der Waals surface area contributed by atoms with Gasteiger partial charge in [-0.1, -0.05) is 12.1 Å². The maximum absolute atomic E-state index is 12.3. The second-order valence-electron chi connectivity index (χ2n) is 7.37. The molecule has 170 valence electrons. The first-order chi connectivity index (χ1) is 15.7. The van der Waals surface area contributed by atoms with Gasteiger partial charge < -0.3 is 14.8 Å². The van der Waals surface area contributed by atoms with Crippen LogP contribution < -0.4 is 10.1 Å². The summed E-state index contributed by atoms with van der Waals surface area (Å²) in [5.41, 5.74) is 2.23. The lowest BCUT2D eigenvalue weighted by molar-refractivity contribution is -0.120. The fourth-order valence-electron chi connectivity index (χ4n) is 3.57. The molecule has 9 heteroatoms. The monoisotopic (exact) mass is 472 g/mol. The average Bonchev–Trinajstić information content (AvgIpc) is 3.26. The highest BCUT2D eigenvalue weighted by Crippen LogP contribution is 2.38. The molecule has 7 nitrogen and oxygen atoms in total. The fourth-order valence-corrected chi connectivity index (χ4v) is 5.51. The second kappa shape index (κ2) is 11.6. The minimum atomic E-state index is 0.0770. The summed E-state index contributed by atoms with van der Waals surface area (Å²) in [5, 5.41) is 7.12. The highest BCUT2D eigenvalue weighted by atomic mass is 32.2. The van der Waals surface area contributed by atoms with E-state index in [1.807, 2.05) is 19.1 Å². The molecule has 1 aliphatic rings. The molecule has 0 radical (unpaired) electrons. The molecule has 2 aromatic heterocycles. The Bertz CT molecular complexity index is 1020. The first kappa shape index (κ1) is 23.0. The molecule has 1 N–H and O–H groups in total. The summed E-state index contributed by atoms with van der Waals surface area (Å²) in [6.07, 6.45) is 2.06. The van der Waals surface area contributed by atoms with Crippen LogP contribution in [0, 0.1) is 0 Å². The van der Waals surface area contributed by atoms with Crippen LogP contribution in [0.15, 0.2) is 41.0 Å². The standard InChI is InChI=1S/C23H28N4O3S2/c1-2-30-18-5-3-17(4-6-18)19-15-32-23-21(19)22(25-16-26-23)31-14-7-20(28)24-8-9-27-10-12-29-13-11-27/h3-6,15-16H,2,7-14H2,1H3,(H,24,28). The molecule has 0 spiro atoms. The number of thioether (sulfide) groups is 1. The van der Waals surface area contributed by atoms with Gasteiger partial charge in [0, 0.05) is 49.3 Å². The number of ether oxygens (including phenoxy) is 2. The van der Waals surface area contributed by atoms with Gasteiger partial charge in [0.15, 0.2) is 0 Å². The molecule has 4 rings (SSSR count). The summed E-state index contributed by atoms with van der Waals surface area (Å²) in [4.78, 5) is 24.5. The van der Waals surface area contributed by atoms with Crippen molar-refractivity contribution in [3.8, 4) is 16.9 Å². The van der Waals surface area contributed by atoms with E-state index in [0.29, 0.717) is 25.3 Å². The van der Waals surface area contributed by atoms with Crippen molar-refractivity contribution >= 4 is 39.2 Å². The number of benzene rings is 1. The van der Waals surface area contributed by atoms with E-state index in [4.69, 9.17) is 9.47 Å². The van der Waals surface area contributed by atoms with Gasteiger partial charge in [-0.05, 0) is 24.6 Å². The maximum atomic E-state index is 12.3. The number of nitrogens with zero attached hydrogens (tertiary/aromatic N) is 3. The predicted octanol–water partition coefficient (Wildman–Crippen LogP) is 3.69. The third-order valence-corrected chi connectivity index (χ3v) is 7.11. The Morgan fingerprint density at radius 2 is 2.06 bits per heavy atom. The Balaban J connectivity index is 1.34. The highest BCUT2D eigenvalue weighted by molar-refractivity contribution is 7.99. The van der Waals surface area contributed by atoms with Crippen LogP contribution in [0.4, 0.5) is 0 Å². The number of hydrogen-bond donors (Lipinski definition) is 1. The van der Waals surface area contributed by atoms with E-state index in [9.17, 15) is 4.79 Å². The number of carbonyl (C=O) groups excluding carboxylic acids is 1. The molecular formula is C23H28N4O3S2. The molecule has 0 unspecified atom stereocenters. The lowest BCUT2D eigenvalue weighted by atomic mass is 10.1. The molecule has 1 saturated heterocycles. The zero-order valence-corrected chi connectivity index (χ0v) is 19.8. The van der Waals surface area contributed by atoms with Crippen LogP contribution in [0.5, 0.6) is 5.75 Å². The maximum Gasteiger partial charge on any atom is 0.220 e. The van der Waals surface area contributed by atoms with Crippen molar-refractivity contribution in [3.05, 3.63) is 36.0 Å². The second-order valence-corrected chi connectivity index (χ2v) is 9.31. The Kier molecular flexibility index (Phi) is 8.33. The van der Waals surface area contributed by atoms with Gasteiger partial charge in [-0.25, -0.2) is 9.97 Å². The summed E-state index contributed by atoms with van der Waals surface area (Å²) < 4.78 is 10.9. The third kappa shape index (κ3) is 5.98. The normalized spacial score (nSPS) is 14.5. The molecular weight excluding hydrogens is 444 g/mol. The van der Waals surface area contributed by atoms with Crippen molar-refractivity contribution in [2.24, 2.45) is 0 Å². The highest BCUT2D eigenvalue weighted by Gasteiger charge is 2.15. The Labute approximate surface area is 196 Å². The van der Waals surface area contributed by atoms with Crippen molar-refractivity contribution in [1.29, 1.82) is 0 Å². The largest absolute Gasteiger partial charge is 0.494 e. The number of fused-ring (bicyclic) bond motifs is 1. The molecule has 1 amide bonds. The number of carbonyl (C=O) groups is 1. The van der Waals surface area contributed by atoms with Gasteiger partial charge in [-0.3, -0.25) is 9.69 Å². The lowest BCUT2D eigenvalue weighted by Gasteiger charge is -2.26. The topological polar surface area (TPSA) is 76.6 Å². The van der Waals surface area contributed by atoms with Crippen LogP contribution in [-0.2, 0) is 9.53 Å². The first-order valence-electron chi connectivity index (χ1n) is 10.9. The van der Waals surface area contributed by atoms with E-state index in [1.165, 1.54) is 0 Å². The number of rotatable bonds is 10. The molecule has 3 heterocycles. The zero-order chi connectivity index (χ0) is 22.2. The number of nitrogens with one attached hydrogen (secondary N) is 1. The van der Waals surface area contributed by atoms with Gasteiger partial charge in [0.05, 0.1) is 25.2 Å². The minimum Gasteiger partial charge on any atom is -0.494 e. The van der Waals surface area contributed by atoms with Crippen LogP contribution >= 0.6 is 23.1 Å². The van der Waals surface area contributed by atoms with Gasteiger partial charge in [0.1, 0.15) is 21.9 Å². The molecule has 0 saturated carbocycles. The molecule has 32 heavy (non-hydrogen) atoms. The van der Waals surface area contributed by atoms with Crippen molar-refractivity contribution in [2.45, 2.75) is 18.4 Å². The number of thiophene rings is 1. The zero-order valence-electron chi connectivity index (χ0n) is 18.2. The predicted molar refractivity (Wildman–Crippen MR) is 130 cm³/mol. The van der Waals surface area contributed by atoms with Crippen LogP contribution in [0.1, 0.15) is 13.3 Å². The van der Waals surface area contributed by atoms with Crippen LogP contribution in [0.25, 0.3) is 21.3 Å². The van der Waals surface area contributed by atoms with Gasteiger partial charge in [-0.15, -0.1) is 23.1 Å². The summed E-state index contributed by atoms with van der Waals surface area (Å²) in [7, 11) is 0. The van der Waals surface area contributed by atoms with E-state index in [1.54, 1.807) is 29.4 Å². The number of amides is 1. The van der Waals surface area contributed by atoms with Crippen LogP contribution in [-0.4, -0.2) is 72.5 Å². The summed E-state index contributed by atoms with van der Waals surface area (Å²) in [5.74, 6) is 1.61. The Hall–Kier alpha value is -2.20. The smallest absolute Gasteiger partial charge is 0.220 e. The average molecular weight is 473 g/mol. The number of morpholine rings is 1. The van der Waals surface area contributed by atoms with E-state index in [2.05, 4.69) is 37.7 Å². The van der Waals surface area contributed by atoms with Crippen molar-refractivity contribution in [1.82, 2.24) is 20.2 Å². The quantitative estimate of drug-likeness (QED) is 0.356. The van der Waals surface area contributed by atoms with Crippen molar-refractivity contribution < 1.29 is 14.3 Å². The van der Waals surface area contributed by atoms with Crippen molar-refractivity contribution in [3.63, 3.8) is 0 Å². The number of hydrogen-bond acceptors (Lipinski definition) is 8. The molecule has 1 fully saturated rings. The van der Waals surface area contributed by atoms with Gasteiger partial charge in [0.25, 0.3) is 0 Å². The van der Waals surface area contributed by atoms with Crippen LogP contribution in [0.2, 0.25) is 0 Å². The Morgan fingerprint density at radius 1 is 1.25 bits per heavy atom. The van der Waals surface area contributed by atoms with Gasteiger partial charge >= 0.3 is 0 Å². The van der Waals surface area contributed by atoms with Gasteiger partial charge in [-0.2, -0.15) is 0 Å². The van der Waals surface area contributed by atoms with Crippen LogP contribution in [0.3, 0.4) is 0 Å². The third-order valence-electron chi connectivity index (χ3n) is 5.23. The summed E-state index contributed by atoms with van der Waals surface area (Å²) in [6, 6.07) is 8.10. The summed E-state index contributed by atoms with van der Waals surface area (Å²) in [6.45, 7) is 7.60. The molecule has 0 bridgehead atoms. The summed E-state index contributed by atoms with van der Waals surface area (Å²) >= 11 is 3.22. The van der Waals surface area contributed by atoms with E-state index in [-0.39, 0.29) is 5.91 Å². The Morgan fingerprint density at radius 3 is 2.84 bits per heavy atom. The van der Waals surface area contributed by atoms with E-state index in [0.717, 1.165) is 65.0 Å². The molecule has 0 atom stereocenters. The van der Waals surface area contributed by atoms with Gasteiger partial charge in [0.2, 0.25) is 5.91 Å². The first-order valence-corrected chi connectivity index (χ1v) is 12.8. The number of aromatic nitrogens is 2. The van der Waals surface area contributed by atoms with Crippen molar-refractivity contribution in [2.75, 3.05) is 51.8 Å². The van der Waals surface area contributed by atoms with E-state index >= 15 is 0 Å². The molecule has 0 aliphatic carbocycles.